The molecule has 23 heavy (non-hydrogen) atoms. The first kappa shape index (κ1) is 15.3. The highest BCUT2D eigenvalue weighted by molar-refractivity contribution is 5.70. The minimum Gasteiger partial charge on any atom is -0.339 e. The van der Waals surface area contributed by atoms with Gasteiger partial charge in [0.2, 0.25) is 5.82 Å². The first-order chi connectivity index (χ1) is 11.0. The minimum atomic E-state index is -2.63. The van der Waals surface area contributed by atoms with Gasteiger partial charge >= 0.3 is 5.69 Å². The molecule has 7 heteroatoms. The number of hydrogen-bond donors (Lipinski definition) is 0. The normalized spacial score (nSPS) is 14.0. The Morgan fingerprint density at radius 1 is 1.17 bits per heavy atom. The van der Waals surface area contributed by atoms with Crippen LogP contribution in [0.4, 0.5) is 30.2 Å². The molecule has 1 aliphatic heterocycles. The molecule has 0 N–H and O–H groups in total. The second-order valence-corrected chi connectivity index (χ2v) is 5.31. The molecule has 0 spiro atoms. The summed E-state index contributed by atoms with van der Waals surface area (Å²) in [5, 5.41) is 10.9. The number of nitro benzene ring substituents is 1. The van der Waals surface area contributed by atoms with Crippen molar-refractivity contribution in [3.8, 4) is 0 Å². The van der Waals surface area contributed by atoms with E-state index in [2.05, 4.69) is 0 Å². The average molecular weight is 322 g/mol. The van der Waals surface area contributed by atoms with Crippen LogP contribution in [0.1, 0.15) is 24.0 Å². The fourth-order valence-electron chi connectivity index (χ4n) is 2.83. The summed E-state index contributed by atoms with van der Waals surface area (Å²) in [4.78, 5) is 11.6. The number of benzene rings is 2. The van der Waals surface area contributed by atoms with Gasteiger partial charge in [0, 0.05) is 23.9 Å². The molecule has 0 atom stereocenters. The van der Waals surface area contributed by atoms with Gasteiger partial charge in [-0.15, -0.1) is 0 Å². The minimum absolute atomic E-state index is 0.0339. The van der Waals surface area contributed by atoms with Gasteiger partial charge in [0.15, 0.2) is 0 Å². The Balaban J connectivity index is 2.12. The van der Waals surface area contributed by atoms with Gasteiger partial charge in [-0.25, -0.2) is 8.78 Å². The molecular weight excluding hydrogens is 309 g/mol. The summed E-state index contributed by atoms with van der Waals surface area (Å²) in [6.07, 6.45) is -1.21. The van der Waals surface area contributed by atoms with E-state index in [1.54, 1.807) is 6.07 Å². The Morgan fingerprint density at radius 2 is 1.96 bits per heavy atom. The van der Waals surface area contributed by atoms with Crippen LogP contribution in [-0.2, 0) is 6.42 Å². The Bertz CT molecular complexity index is 765. The first-order valence-electron chi connectivity index (χ1n) is 7.10. The summed E-state index contributed by atoms with van der Waals surface area (Å²) in [5.41, 5.74) is 0.563. The summed E-state index contributed by atoms with van der Waals surface area (Å²) < 4.78 is 40.3. The van der Waals surface area contributed by atoms with Crippen molar-refractivity contribution < 1.29 is 18.1 Å². The highest BCUT2D eigenvalue weighted by Gasteiger charge is 2.26. The van der Waals surface area contributed by atoms with Crippen LogP contribution in [0.2, 0.25) is 0 Å². The molecule has 0 saturated heterocycles. The zero-order valence-corrected chi connectivity index (χ0v) is 12.0. The molecular formula is C16H13F3N2O2. The third-order valence-corrected chi connectivity index (χ3v) is 3.93. The highest BCUT2D eigenvalue weighted by Crippen LogP contribution is 2.38. The maximum absolute atomic E-state index is 14.4. The van der Waals surface area contributed by atoms with E-state index in [1.165, 1.54) is 29.2 Å². The molecule has 0 unspecified atom stereocenters. The predicted molar refractivity (Wildman–Crippen MR) is 79.8 cm³/mol. The van der Waals surface area contributed by atoms with Gasteiger partial charge in [-0.1, -0.05) is 18.2 Å². The summed E-state index contributed by atoms with van der Waals surface area (Å²) >= 11 is 0. The molecule has 3 rings (SSSR count). The predicted octanol–water partition coefficient (Wildman–Crippen LogP) is 4.76. The van der Waals surface area contributed by atoms with E-state index in [9.17, 15) is 23.3 Å². The number of alkyl halides is 2. The molecule has 0 aromatic heterocycles. The van der Waals surface area contributed by atoms with E-state index >= 15 is 0 Å². The molecule has 0 bridgehead atoms. The largest absolute Gasteiger partial charge is 0.339 e. The van der Waals surface area contributed by atoms with Crippen molar-refractivity contribution in [1.29, 1.82) is 0 Å². The van der Waals surface area contributed by atoms with Crippen LogP contribution >= 0.6 is 0 Å². The molecule has 2 aromatic rings. The summed E-state index contributed by atoms with van der Waals surface area (Å²) in [5.74, 6) is -0.951. The fourth-order valence-corrected chi connectivity index (χ4v) is 2.83. The van der Waals surface area contributed by atoms with Crippen LogP contribution in [0, 0.1) is 15.9 Å². The van der Waals surface area contributed by atoms with Crippen LogP contribution < -0.4 is 4.90 Å². The van der Waals surface area contributed by atoms with Crippen molar-refractivity contribution in [3.05, 3.63) is 63.5 Å². The quantitative estimate of drug-likeness (QED) is 0.605. The molecule has 0 fully saturated rings. The number of hydrogen-bond acceptors (Lipinski definition) is 3. The van der Waals surface area contributed by atoms with Crippen LogP contribution in [0.3, 0.4) is 0 Å². The molecule has 0 radical (unpaired) electrons. The SMILES string of the molecule is O=[N+]([O-])c1cccc(N2CCCc3ccc(C(F)F)cc32)c1F. The number of aryl methyl sites for hydroxylation is 1. The topological polar surface area (TPSA) is 46.4 Å². The third-order valence-electron chi connectivity index (χ3n) is 3.93. The summed E-state index contributed by atoms with van der Waals surface area (Å²) in [6.45, 7) is 0.414. The maximum atomic E-state index is 14.4. The second kappa shape index (κ2) is 5.91. The highest BCUT2D eigenvalue weighted by atomic mass is 19.3. The zero-order chi connectivity index (χ0) is 16.6. The van der Waals surface area contributed by atoms with E-state index in [4.69, 9.17) is 0 Å². The van der Waals surface area contributed by atoms with Crippen LogP contribution in [0.5, 0.6) is 0 Å². The van der Waals surface area contributed by atoms with E-state index in [0.29, 0.717) is 25.1 Å². The Hall–Kier alpha value is -2.57. The van der Waals surface area contributed by atoms with Crippen molar-refractivity contribution in [2.24, 2.45) is 0 Å². The van der Waals surface area contributed by atoms with Gasteiger partial charge in [-0.05, 0) is 30.5 Å². The standard InChI is InChI=1S/C16H13F3N2O2/c17-15-12(4-1-5-13(15)21(22)23)20-8-2-3-10-6-7-11(16(18)19)9-14(10)20/h1,4-7,9,16H,2-3,8H2. The lowest BCUT2D eigenvalue weighted by Crippen LogP contribution is -2.25. The van der Waals surface area contributed by atoms with Gasteiger partial charge in [0.25, 0.3) is 6.43 Å². The van der Waals surface area contributed by atoms with Crippen LogP contribution in [0.25, 0.3) is 0 Å². The van der Waals surface area contributed by atoms with Crippen molar-refractivity contribution in [1.82, 2.24) is 0 Å². The molecule has 120 valence electrons. The Morgan fingerprint density at radius 3 is 2.65 bits per heavy atom. The lowest BCUT2D eigenvalue weighted by Gasteiger charge is -2.32. The van der Waals surface area contributed by atoms with E-state index in [1.807, 2.05) is 0 Å². The van der Waals surface area contributed by atoms with Crippen molar-refractivity contribution in [2.75, 3.05) is 11.4 Å². The Labute approximate surface area is 130 Å². The van der Waals surface area contributed by atoms with Gasteiger partial charge in [0.1, 0.15) is 0 Å². The Kier molecular flexibility index (Phi) is 3.94. The molecule has 2 aromatic carbocycles. The van der Waals surface area contributed by atoms with Crippen LogP contribution in [0.15, 0.2) is 36.4 Å². The third kappa shape index (κ3) is 2.74. The van der Waals surface area contributed by atoms with Gasteiger partial charge in [0.05, 0.1) is 10.6 Å². The average Bonchev–Trinajstić information content (AvgIpc) is 2.53. The van der Waals surface area contributed by atoms with Crippen molar-refractivity contribution in [2.45, 2.75) is 19.3 Å². The monoisotopic (exact) mass is 322 g/mol. The molecule has 4 nitrogen and oxygen atoms in total. The van der Waals surface area contributed by atoms with Gasteiger partial charge < -0.3 is 4.90 Å². The molecule has 1 heterocycles. The molecule has 0 amide bonds. The number of nitro groups is 1. The molecule has 0 aliphatic carbocycles. The number of rotatable bonds is 3. The van der Waals surface area contributed by atoms with E-state index < -0.39 is 22.9 Å². The van der Waals surface area contributed by atoms with E-state index in [-0.39, 0.29) is 11.3 Å². The summed E-state index contributed by atoms with van der Waals surface area (Å²) in [6, 6.07) is 8.19. The number of halogens is 3. The lowest BCUT2D eigenvalue weighted by molar-refractivity contribution is -0.387. The van der Waals surface area contributed by atoms with Crippen molar-refractivity contribution >= 4 is 17.1 Å². The molecule has 1 aliphatic rings. The molecule has 0 saturated carbocycles. The second-order valence-electron chi connectivity index (χ2n) is 5.31. The maximum Gasteiger partial charge on any atom is 0.306 e. The fraction of sp³-hybridized carbons (Fsp3) is 0.250. The van der Waals surface area contributed by atoms with Crippen LogP contribution in [-0.4, -0.2) is 11.5 Å². The summed E-state index contributed by atoms with van der Waals surface area (Å²) in [7, 11) is 0. The van der Waals surface area contributed by atoms with Gasteiger partial charge in [-0.2, -0.15) is 4.39 Å². The number of anilines is 2. The number of nitrogens with zero attached hydrogens (tertiary/aromatic N) is 2. The van der Waals surface area contributed by atoms with E-state index in [0.717, 1.165) is 11.6 Å². The lowest BCUT2D eigenvalue weighted by atomic mass is 9.98. The number of fused-ring (bicyclic) bond motifs is 1. The van der Waals surface area contributed by atoms with Crippen molar-refractivity contribution in [3.63, 3.8) is 0 Å². The smallest absolute Gasteiger partial charge is 0.306 e. The zero-order valence-electron chi connectivity index (χ0n) is 12.0. The first-order valence-corrected chi connectivity index (χ1v) is 7.10. The van der Waals surface area contributed by atoms with Gasteiger partial charge in [-0.3, -0.25) is 10.1 Å².